The summed E-state index contributed by atoms with van der Waals surface area (Å²) in [7, 11) is -3.30. The Morgan fingerprint density at radius 2 is 1.46 bits per heavy atom. The standard InChI is InChI=1S/C19H22NO3P/c21-19(22)18(16-10-4-1-5-11-16)24(23,17-12-6-2-7-13-17)20-14-8-3-9-15-20/h1-2,4-7,10-13,18H,3,8-9,14-15H2,(H,21,22)/t18-,24-/m0/s1. The van der Waals surface area contributed by atoms with Crippen LogP contribution >= 0.6 is 7.29 Å². The Kier molecular flexibility index (Phi) is 5.17. The highest BCUT2D eigenvalue weighted by atomic mass is 31.2. The summed E-state index contributed by atoms with van der Waals surface area (Å²) in [6.07, 6.45) is 3.02. The van der Waals surface area contributed by atoms with Crippen molar-refractivity contribution in [2.24, 2.45) is 0 Å². The van der Waals surface area contributed by atoms with Crippen LogP contribution in [0.3, 0.4) is 0 Å². The summed E-state index contributed by atoms with van der Waals surface area (Å²) in [4.78, 5) is 12.2. The summed E-state index contributed by atoms with van der Waals surface area (Å²) in [6, 6.07) is 18.1. The van der Waals surface area contributed by atoms with Crippen molar-refractivity contribution in [1.29, 1.82) is 0 Å². The van der Waals surface area contributed by atoms with Gasteiger partial charge in [-0.05, 0) is 18.4 Å². The zero-order valence-corrected chi connectivity index (χ0v) is 14.4. The van der Waals surface area contributed by atoms with Crippen LogP contribution in [0.5, 0.6) is 0 Å². The molecule has 2 atom stereocenters. The predicted octanol–water partition coefficient (Wildman–Crippen LogP) is 3.90. The molecule has 5 heteroatoms. The number of aliphatic carboxylic acids is 1. The fourth-order valence-corrected chi connectivity index (χ4v) is 6.72. The molecule has 4 nitrogen and oxygen atoms in total. The van der Waals surface area contributed by atoms with E-state index in [1.54, 1.807) is 36.4 Å². The molecule has 1 saturated heterocycles. The van der Waals surface area contributed by atoms with Crippen molar-refractivity contribution in [3.63, 3.8) is 0 Å². The topological polar surface area (TPSA) is 57.6 Å². The molecule has 1 heterocycles. The summed E-state index contributed by atoms with van der Waals surface area (Å²) in [5, 5.41) is 10.6. The quantitative estimate of drug-likeness (QED) is 0.837. The number of rotatable bonds is 5. The molecule has 1 N–H and O–H groups in total. The van der Waals surface area contributed by atoms with Gasteiger partial charge in [-0.1, -0.05) is 67.1 Å². The number of hydrogen-bond donors (Lipinski definition) is 1. The predicted molar refractivity (Wildman–Crippen MR) is 95.9 cm³/mol. The molecule has 0 aliphatic carbocycles. The number of hydrogen-bond acceptors (Lipinski definition) is 2. The van der Waals surface area contributed by atoms with Gasteiger partial charge < -0.3 is 9.67 Å². The van der Waals surface area contributed by atoms with Crippen molar-refractivity contribution in [1.82, 2.24) is 4.67 Å². The van der Waals surface area contributed by atoms with Crippen LogP contribution in [0.1, 0.15) is 30.5 Å². The van der Waals surface area contributed by atoms with E-state index < -0.39 is 18.9 Å². The molecule has 2 aromatic carbocycles. The summed E-state index contributed by atoms with van der Waals surface area (Å²) in [5.41, 5.74) is -0.443. The highest BCUT2D eigenvalue weighted by Crippen LogP contribution is 2.61. The number of benzene rings is 2. The van der Waals surface area contributed by atoms with Gasteiger partial charge in [0.1, 0.15) is 0 Å². The Labute approximate surface area is 142 Å². The monoisotopic (exact) mass is 343 g/mol. The smallest absolute Gasteiger partial charge is 0.320 e. The zero-order chi connectivity index (χ0) is 17.0. The first kappa shape index (κ1) is 16.9. The van der Waals surface area contributed by atoms with Crippen LogP contribution in [0.4, 0.5) is 0 Å². The van der Waals surface area contributed by atoms with Gasteiger partial charge in [0.25, 0.3) is 0 Å². The van der Waals surface area contributed by atoms with E-state index in [9.17, 15) is 14.5 Å². The molecule has 126 valence electrons. The third-order valence-electron chi connectivity index (χ3n) is 4.58. The molecule has 0 spiro atoms. The second-order valence-electron chi connectivity index (χ2n) is 6.12. The molecule has 0 radical (unpaired) electrons. The number of carbonyl (C=O) groups is 1. The molecule has 1 fully saturated rings. The van der Waals surface area contributed by atoms with E-state index in [2.05, 4.69) is 0 Å². The minimum absolute atomic E-state index is 0.600. The zero-order valence-electron chi connectivity index (χ0n) is 13.5. The van der Waals surface area contributed by atoms with E-state index in [1.165, 1.54) is 0 Å². The molecule has 24 heavy (non-hydrogen) atoms. The van der Waals surface area contributed by atoms with Crippen LogP contribution < -0.4 is 5.30 Å². The number of carboxylic acids is 1. The lowest BCUT2D eigenvalue weighted by Crippen LogP contribution is -2.35. The van der Waals surface area contributed by atoms with Crippen LogP contribution in [0.15, 0.2) is 60.7 Å². The van der Waals surface area contributed by atoms with Gasteiger partial charge in [0.15, 0.2) is 13.0 Å². The summed E-state index contributed by atoms with van der Waals surface area (Å²) in [6.45, 7) is 1.37. The van der Waals surface area contributed by atoms with Gasteiger partial charge in [-0.25, -0.2) is 4.67 Å². The maximum absolute atomic E-state index is 14.3. The lowest BCUT2D eigenvalue weighted by Gasteiger charge is -2.38. The van der Waals surface area contributed by atoms with Gasteiger partial charge in [-0.15, -0.1) is 0 Å². The number of carboxylic acid groups (broad SMARTS) is 1. The molecule has 2 aromatic rings. The fourth-order valence-electron chi connectivity index (χ4n) is 3.42. The Balaban J connectivity index is 2.15. The van der Waals surface area contributed by atoms with E-state index in [-0.39, 0.29) is 0 Å². The van der Waals surface area contributed by atoms with Crippen molar-refractivity contribution in [3.8, 4) is 0 Å². The molecular formula is C19H22NO3P. The Morgan fingerprint density at radius 3 is 2.00 bits per heavy atom. The van der Waals surface area contributed by atoms with Crippen LogP contribution in [-0.4, -0.2) is 28.8 Å². The summed E-state index contributed by atoms with van der Waals surface area (Å²) < 4.78 is 16.2. The first-order valence-electron chi connectivity index (χ1n) is 8.32. The van der Waals surface area contributed by atoms with Gasteiger partial charge in [0, 0.05) is 18.4 Å². The molecule has 0 unspecified atom stereocenters. The normalized spacial score (nSPS) is 19.3. The van der Waals surface area contributed by atoms with Crippen molar-refractivity contribution >= 4 is 18.6 Å². The van der Waals surface area contributed by atoms with Crippen LogP contribution in [0.2, 0.25) is 0 Å². The van der Waals surface area contributed by atoms with Gasteiger partial charge in [0.2, 0.25) is 0 Å². The molecule has 1 aliphatic rings. The van der Waals surface area contributed by atoms with Crippen molar-refractivity contribution in [3.05, 3.63) is 66.2 Å². The SMILES string of the molecule is O=C(O)[C@H](c1ccccc1)[P@@](=O)(c1ccccc1)N1CCCCC1. The van der Waals surface area contributed by atoms with Crippen LogP contribution in [-0.2, 0) is 9.36 Å². The molecule has 0 amide bonds. The van der Waals surface area contributed by atoms with E-state index in [1.807, 2.05) is 28.9 Å². The van der Waals surface area contributed by atoms with Gasteiger partial charge in [0.05, 0.1) is 0 Å². The summed E-state index contributed by atoms with van der Waals surface area (Å²) >= 11 is 0. The van der Waals surface area contributed by atoms with E-state index in [0.29, 0.717) is 24.0 Å². The second-order valence-corrected chi connectivity index (χ2v) is 8.97. The van der Waals surface area contributed by atoms with Crippen molar-refractivity contribution in [2.75, 3.05) is 13.1 Å². The Morgan fingerprint density at radius 1 is 0.917 bits per heavy atom. The first-order valence-corrected chi connectivity index (χ1v) is 10.1. The van der Waals surface area contributed by atoms with Crippen LogP contribution in [0, 0.1) is 0 Å². The second kappa shape index (κ2) is 7.33. The molecule has 0 aromatic heterocycles. The largest absolute Gasteiger partial charge is 0.480 e. The van der Waals surface area contributed by atoms with Crippen LogP contribution in [0.25, 0.3) is 0 Å². The number of nitrogens with zero attached hydrogens (tertiary/aromatic N) is 1. The third-order valence-corrected chi connectivity index (χ3v) is 8.08. The highest BCUT2D eigenvalue weighted by molar-refractivity contribution is 7.70. The first-order chi connectivity index (χ1) is 11.6. The van der Waals surface area contributed by atoms with Gasteiger partial charge >= 0.3 is 5.97 Å². The molecule has 3 rings (SSSR count). The minimum Gasteiger partial charge on any atom is -0.480 e. The minimum atomic E-state index is -3.30. The third kappa shape index (κ3) is 3.17. The average molecular weight is 343 g/mol. The molecule has 0 bridgehead atoms. The molecule has 1 aliphatic heterocycles. The lowest BCUT2D eigenvalue weighted by atomic mass is 10.1. The summed E-state index contributed by atoms with van der Waals surface area (Å²) in [5.74, 6) is -1.03. The molecular weight excluding hydrogens is 321 g/mol. The Bertz CT molecular complexity index is 727. The van der Waals surface area contributed by atoms with Gasteiger partial charge in [-0.2, -0.15) is 0 Å². The van der Waals surface area contributed by atoms with Crippen molar-refractivity contribution < 1.29 is 14.5 Å². The maximum atomic E-state index is 14.3. The van der Waals surface area contributed by atoms with E-state index in [4.69, 9.17) is 0 Å². The van der Waals surface area contributed by atoms with Crippen molar-refractivity contribution in [2.45, 2.75) is 24.9 Å². The average Bonchev–Trinajstić information content (AvgIpc) is 2.64. The van der Waals surface area contributed by atoms with Gasteiger partial charge in [-0.3, -0.25) is 4.79 Å². The van der Waals surface area contributed by atoms with E-state index >= 15 is 0 Å². The Hall–Kier alpha value is -1.90. The number of piperidine rings is 1. The lowest BCUT2D eigenvalue weighted by molar-refractivity contribution is -0.136. The molecule has 0 saturated carbocycles. The fraction of sp³-hybridized carbons (Fsp3) is 0.316. The maximum Gasteiger partial charge on any atom is 0.320 e. The highest BCUT2D eigenvalue weighted by Gasteiger charge is 2.45. The van der Waals surface area contributed by atoms with E-state index in [0.717, 1.165) is 19.3 Å².